The Kier molecular flexibility index (Phi) is 9.20. The number of anilines is 1. The number of hydrogen-bond donors (Lipinski definition) is 1. The standard InChI is InChI=1S/C23H34N4O2/c28-18-5-3-1-2-4-6-21-7-9-22(10-8-21)29-19-17-26-13-15-27(16-14-26)23-20-24-11-12-25-23/h7-12,20,28H,1-6,13-19H2. The van der Waals surface area contributed by atoms with Crippen LogP contribution < -0.4 is 9.64 Å². The SMILES string of the molecule is OCCCCCCCc1ccc(OCCN2CCN(c3cnccn3)CC2)cc1. The summed E-state index contributed by atoms with van der Waals surface area (Å²) in [7, 11) is 0. The van der Waals surface area contributed by atoms with Crippen molar-refractivity contribution in [2.75, 3.05) is 50.8 Å². The average molecular weight is 399 g/mol. The zero-order valence-electron chi connectivity index (χ0n) is 17.4. The highest BCUT2D eigenvalue weighted by molar-refractivity contribution is 5.35. The number of hydrogen-bond acceptors (Lipinski definition) is 6. The number of rotatable bonds is 12. The summed E-state index contributed by atoms with van der Waals surface area (Å²) < 4.78 is 5.94. The molecule has 0 unspecified atom stereocenters. The molecule has 1 aliphatic rings. The molecule has 2 heterocycles. The van der Waals surface area contributed by atoms with Crippen LogP contribution in [0.4, 0.5) is 5.82 Å². The molecule has 1 aliphatic heterocycles. The van der Waals surface area contributed by atoms with Gasteiger partial charge in [0.15, 0.2) is 0 Å². The maximum atomic E-state index is 8.80. The van der Waals surface area contributed by atoms with E-state index >= 15 is 0 Å². The Balaban J connectivity index is 1.28. The van der Waals surface area contributed by atoms with E-state index in [2.05, 4.69) is 44.0 Å². The molecule has 1 saturated heterocycles. The molecule has 6 nitrogen and oxygen atoms in total. The maximum absolute atomic E-state index is 8.80. The third kappa shape index (κ3) is 7.63. The fraction of sp³-hybridized carbons (Fsp3) is 0.565. The molecule has 0 radical (unpaired) electrons. The monoisotopic (exact) mass is 398 g/mol. The van der Waals surface area contributed by atoms with Crippen LogP contribution in [0.3, 0.4) is 0 Å². The highest BCUT2D eigenvalue weighted by Gasteiger charge is 2.17. The molecule has 0 spiro atoms. The van der Waals surface area contributed by atoms with E-state index in [-0.39, 0.29) is 0 Å². The molecule has 1 aromatic carbocycles. The fourth-order valence-corrected chi connectivity index (χ4v) is 3.67. The molecular weight excluding hydrogens is 364 g/mol. The van der Waals surface area contributed by atoms with Crippen LogP contribution in [0.5, 0.6) is 5.75 Å². The van der Waals surface area contributed by atoms with Crippen molar-refractivity contribution in [3.8, 4) is 5.75 Å². The Morgan fingerprint density at radius 1 is 0.897 bits per heavy atom. The van der Waals surface area contributed by atoms with Crippen LogP contribution in [0.1, 0.15) is 37.7 Å². The van der Waals surface area contributed by atoms with Gasteiger partial charge in [-0.2, -0.15) is 0 Å². The summed E-state index contributed by atoms with van der Waals surface area (Å²) in [5, 5.41) is 8.80. The van der Waals surface area contributed by atoms with E-state index in [0.717, 1.165) is 70.2 Å². The summed E-state index contributed by atoms with van der Waals surface area (Å²) in [4.78, 5) is 13.3. The quantitative estimate of drug-likeness (QED) is 0.554. The molecule has 1 fully saturated rings. The van der Waals surface area contributed by atoms with Crippen LogP contribution in [0, 0.1) is 0 Å². The molecule has 3 rings (SSSR count). The molecule has 29 heavy (non-hydrogen) atoms. The Morgan fingerprint density at radius 3 is 2.38 bits per heavy atom. The number of benzene rings is 1. The molecule has 0 amide bonds. The molecule has 1 aromatic heterocycles. The topological polar surface area (TPSA) is 61.7 Å². The zero-order valence-corrected chi connectivity index (χ0v) is 17.4. The first-order valence-corrected chi connectivity index (χ1v) is 10.9. The van der Waals surface area contributed by atoms with Gasteiger partial charge in [0.1, 0.15) is 18.2 Å². The third-order valence-electron chi connectivity index (χ3n) is 5.47. The van der Waals surface area contributed by atoms with Crippen LogP contribution in [-0.2, 0) is 6.42 Å². The number of aryl methyl sites for hydroxylation is 1. The molecular formula is C23H34N4O2. The van der Waals surface area contributed by atoms with Gasteiger partial charge >= 0.3 is 0 Å². The number of nitrogens with zero attached hydrogens (tertiary/aromatic N) is 4. The van der Waals surface area contributed by atoms with E-state index < -0.39 is 0 Å². The summed E-state index contributed by atoms with van der Waals surface area (Å²) in [6.07, 6.45) is 12.2. The van der Waals surface area contributed by atoms with Crippen molar-refractivity contribution in [3.63, 3.8) is 0 Å². The highest BCUT2D eigenvalue weighted by Crippen LogP contribution is 2.15. The lowest BCUT2D eigenvalue weighted by atomic mass is 10.1. The second kappa shape index (κ2) is 12.4. The van der Waals surface area contributed by atoms with Gasteiger partial charge in [0.25, 0.3) is 0 Å². The van der Waals surface area contributed by atoms with Crippen molar-refractivity contribution in [1.29, 1.82) is 0 Å². The van der Waals surface area contributed by atoms with E-state index in [1.54, 1.807) is 12.4 Å². The first-order chi connectivity index (χ1) is 14.3. The molecule has 2 aromatic rings. The van der Waals surface area contributed by atoms with Gasteiger partial charge in [0, 0.05) is 51.7 Å². The van der Waals surface area contributed by atoms with Gasteiger partial charge < -0.3 is 14.7 Å². The Morgan fingerprint density at radius 2 is 1.66 bits per heavy atom. The van der Waals surface area contributed by atoms with Crippen molar-refractivity contribution >= 4 is 5.82 Å². The van der Waals surface area contributed by atoms with Crippen LogP contribution in [0.15, 0.2) is 42.9 Å². The van der Waals surface area contributed by atoms with Gasteiger partial charge in [-0.05, 0) is 37.0 Å². The van der Waals surface area contributed by atoms with Crippen molar-refractivity contribution in [3.05, 3.63) is 48.4 Å². The van der Waals surface area contributed by atoms with E-state index in [1.807, 2.05) is 6.20 Å². The van der Waals surface area contributed by atoms with Crippen molar-refractivity contribution in [2.24, 2.45) is 0 Å². The lowest BCUT2D eigenvalue weighted by molar-refractivity contribution is 0.200. The molecule has 0 atom stereocenters. The van der Waals surface area contributed by atoms with Crippen molar-refractivity contribution < 1.29 is 9.84 Å². The van der Waals surface area contributed by atoms with Crippen LogP contribution in [0.25, 0.3) is 0 Å². The predicted molar refractivity (Wildman–Crippen MR) is 116 cm³/mol. The van der Waals surface area contributed by atoms with Gasteiger partial charge in [-0.15, -0.1) is 0 Å². The van der Waals surface area contributed by atoms with E-state index in [9.17, 15) is 0 Å². The lowest BCUT2D eigenvalue weighted by Gasteiger charge is -2.35. The maximum Gasteiger partial charge on any atom is 0.147 e. The summed E-state index contributed by atoms with van der Waals surface area (Å²) in [5.74, 6) is 1.92. The molecule has 0 aliphatic carbocycles. The Hall–Kier alpha value is -2.18. The van der Waals surface area contributed by atoms with Gasteiger partial charge in [0.2, 0.25) is 0 Å². The Bertz CT molecular complexity index is 673. The predicted octanol–water partition coefficient (Wildman–Crippen LogP) is 3.16. The molecule has 6 heteroatoms. The summed E-state index contributed by atoms with van der Waals surface area (Å²) in [6, 6.07) is 8.55. The average Bonchev–Trinajstić information content (AvgIpc) is 2.78. The van der Waals surface area contributed by atoms with Crippen molar-refractivity contribution in [2.45, 2.75) is 38.5 Å². The number of aliphatic hydroxyl groups is 1. The number of piperazine rings is 1. The molecule has 0 saturated carbocycles. The minimum absolute atomic E-state index is 0.320. The highest BCUT2D eigenvalue weighted by atomic mass is 16.5. The number of aliphatic hydroxyl groups excluding tert-OH is 1. The van der Waals surface area contributed by atoms with Gasteiger partial charge in [-0.3, -0.25) is 9.88 Å². The lowest BCUT2D eigenvalue weighted by Crippen LogP contribution is -2.47. The zero-order chi connectivity index (χ0) is 20.2. The second-order valence-corrected chi connectivity index (χ2v) is 7.63. The molecule has 158 valence electrons. The second-order valence-electron chi connectivity index (χ2n) is 7.63. The summed E-state index contributed by atoms with van der Waals surface area (Å²) >= 11 is 0. The fourth-order valence-electron chi connectivity index (χ4n) is 3.67. The summed E-state index contributed by atoms with van der Waals surface area (Å²) in [6.45, 7) is 5.99. The summed E-state index contributed by atoms with van der Waals surface area (Å²) in [5.41, 5.74) is 1.37. The van der Waals surface area contributed by atoms with Gasteiger partial charge in [0.05, 0.1) is 6.20 Å². The number of aromatic nitrogens is 2. The van der Waals surface area contributed by atoms with E-state index in [0.29, 0.717) is 6.61 Å². The number of ether oxygens (including phenoxy) is 1. The molecule has 1 N–H and O–H groups in total. The first kappa shape index (κ1) is 21.5. The van der Waals surface area contributed by atoms with Crippen LogP contribution in [0.2, 0.25) is 0 Å². The van der Waals surface area contributed by atoms with Gasteiger partial charge in [-0.1, -0.05) is 31.4 Å². The largest absolute Gasteiger partial charge is 0.492 e. The van der Waals surface area contributed by atoms with Crippen LogP contribution >= 0.6 is 0 Å². The first-order valence-electron chi connectivity index (χ1n) is 10.9. The van der Waals surface area contributed by atoms with E-state index in [1.165, 1.54) is 24.8 Å². The van der Waals surface area contributed by atoms with Gasteiger partial charge in [-0.25, -0.2) is 4.98 Å². The normalized spacial score (nSPS) is 14.9. The number of unbranched alkanes of at least 4 members (excludes halogenated alkanes) is 4. The minimum atomic E-state index is 0.320. The van der Waals surface area contributed by atoms with Crippen molar-refractivity contribution in [1.82, 2.24) is 14.9 Å². The Labute approximate surface area is 174 Å². The molecule has 0 bridgehead atoms. The third-order valence-corrected chi connectivity index (χ3v) is 5.47. The minimum Gasteiger partial charge on any atom is -0.492 e. The van der Waals surface area contributed by atoms with Crippen LogP contribution in [-0.4, -0.2) is 65.9 Å². The van der Waals surface area contributed by atoms with E-state index in [4.69, 9.17) is 9.84 Å². The smallest absolute Gasteiger partial charge is 0.147 e.